The molecule has 0 aliphatic heterocycles. The second kappa shape index (κ2) is 9.64. The Kier molecular flexibility index (Phi) is 7.53. The molecule has 1 aliphatic carbocycles. The zero-order valence-corrected chi connectivity index (χ0v) is 14.5. The highest BCUT2D eigenvalue weighted by Crippen LogP contribution is 2.27. The van der Waals surface area contributed by atoms with Gasteiger partial charge in [0, 0.05) is 26.3 Å². The van der Waals surface area contributed by atoms with Gasteiger partial charge in [-0.25, -0.2) is 4.79 Å². The van der Waals surface area contributed by atoms with E-state index in [1.165, 1.54) is 0 Å². The highest BCUT2D eigenvalue weighted by molar-refractivity contribution is 5.74. The second-order valence-corrected chi connectivity index (χ2v) is 6.75. The van der Waals surface area contributed by atoms with Crippen molar-refractivity contribution < 1.29 is 15.0 Å². The van der Waals surface area contributed by atoms with E-state index in [-0.39, 0.29) is 31.3 Å². The standard InChI is InChI=1S/C19H30N2O3/c1-21(17-11-9-15(14-23)10-12-17)19(24)20-18(8-5-13-22)16-6-3-2-4-7-16/h2-4,6-7,15,17-18,22-23H,5,8-14H2,1H3,(H,20,24). The fraction of sp³-hybridized carbons (Fsp3) is 0.632. The lowest BCUT2D eigenvalue weighted by molar-refractivity contribution is 0.132. The Hall–Kier alpha value is -1.59. The molecule has 1 aromatic rings. The fourth-order valence-corrected chi connectivity index (χ4v) is 3.43. The van der Waals surface area contributed by atoms with Gasteiger partial charge in [0.15, 0.2) is 0 Å². The van der Waals surface area contributed by atoms with Gasteiger partial charge in [0.1, 0.15) is 0 Å². The molecule has 0 bridgehead atoms. The number of carbonyl (C=O) groups excluding carboxylic acids is 1. The minimum atomic E-state index is -0.0814. The van der Waals surface area contributed by atoms with Crippen LogP contribution in [-0.4, -0.2) is 47.4 Å². The molecular weight excluding hydrogens is 304 g/mol. The molecule has 1 saturated carbocycles. The molecule has 1 aliphatic rings. The average molecular weight is 334 g/mol. The van der Waals surface area contributed by atoms with Gasteiger partial charge in [-0.15, -0.1) is 0 Å². The molecule has 24 heavy (non-hydrogen) atoms. The molecular formula is C19H30N2O3. The van der Waals surface area contributed by atoms with Crippen molar-refractivity contribution in [1.29, 1.82) is 0 Å². The number of urea groups is 1. The molecule has 0 radical (unpaired) electrons. The molecule has 1 fully saturated rings. The summed E-state index contributed by atoms with van der Waals surface area (Å²) in [5.41, 5.74) is 1.07. The molecule has 134 valence electrons. The van der Waals surface area contributed by atoms with Crippen molar-refractivity contribution in [2.75, 3.05) is 20.3 Å². The van der Waals surface area contributed by atoms with Crippen LogP contribution in [0.1, 0.15) is 50.1 Å². The summed E-state index contributed by atoms with van der Waals surface area (Å²) in [5.74, 6) is 0.388. The molecule has 5 heteroatoms. The van der Waals surface area contributed by atoms with Crippen molar-refractivity contribution >= 4 is 6.03 Å². The summed E-state index contributed by atoms with van der Waals surface area (Å²) >= 11 is 0. The van der Waals surface area contributed by atoms with Crippen LogP contribution in [0.2, 0.25) is 0 Å². The van der Waals surface area contributed by atoms with Crippen molar-refractivity contribution in [2.24, 2.45) is 5.92 Å². The zero-order valence-electron chi connectivity index (χ0n) is 14.5. The summed E-state index contributed by atoms with van der Waals surface area (Å²) in [6, 6.07) is 10.0. The number of amides is 2. The Bertz CT molecular complexity index is 487. The van der Waals surface area contributed by atoms with E-state index in [2.05, 4.69) is 5.32 Å². The summed E-state index contributed by atoms with van der Waals surface area (Å²) in [4.78, 5) is 14.5. The SMILES string of the molecule is CN(C(=O)NC(CCCO)c1ccccc1)C1CCC(CO)CC1. The van der Waals surface area contributed by atoms with Gasteiger partial charge in [0.25, 0.3) is 0 Å². The summed E-state index contributed by atoms with van der Waals surface area (Å²) in [5, 5.41) is 21.5. The van der Waals surface area contributed by atoms with Gasteiger partial charge >= 0.3 is 6.03 Å². The monoisotopic (exact) mass is 334 g/mol. The maximum Gasteiger partial charge on any atom is 0.317 e. The number of nitrogens with zero attached hydrogens (tertiary/aromatic N) is 1. The Morgan fingerprint density at radius 2 is 1.88 bits per heavy atom. The Balaban J connectivity index is 1.94. The second-order valence-electron chi connectivity index (χ2n) is 6.75. The molecule has 1 unspecified atom stereocenters. The third kappa shape index (κ3) is 5.21. The first-order chi connectivity index (χ1) is 11.7. The lowest BCUT2D eigenvalue weighted by atomic mass is 9.86. The lowest BCUT2D eigenvalue weighted by Gasteiger charge is -2.35. The molecule has 0 saturated heterocycles. The molecule has 1 aromatic carbocycles. The average Bonchev–Trinajstić information content (AvgIpc) is 2.65. The van der Waals surface area contributed by atoms with Crippen molar-refractivity contribution in [1.82, 2.24) is 10.2 Å². The Labute approximate surface area is 144 Å². The smallest absolute Gasteiger partial charge is 0.317 e. The Morgan fingerprint density at radius 3 is 2.46 bits per heavy atom. The van der Waals surface area contributed by atoms with Gasteiger partial charge in [-0.3, -0.25) is 0 Å². The van der Waals surface area contributed by atoms with Crippen LogP contribution < -0.4 is 5.32 Å². The minimum absolute atomic E-state index is 0.0609. The number of rotatable bonds is 7. The number of hydrogen-bond acceptors (Lipinski definition) is 3. The lowest BCUT2D eigenvalue weighted by Crippen LogP contribution is -2.46. The molecule has 2 amide bonds. The minimum Gasteiger partial charge on any atom is -0.396 e. The van der Waals surface area contributed by atoms with Gasteiger partial charge in [-0.2, -0.15) is 0 Å². The van der Waals surface area contributed by atoms with Crippen LogP contribution in [0.4, 0.5) is 4.79 Å². The van der Waals surface area contributed by atoms with Crippen molar-refractivity contribution in [2.45, 2.75) is 50.6 Å². The van der Waals surface area contributed by atoms with Crippen LogP contribution in [0.5, 0.6) is 0 Å². The number of aliphatic hydroxyl groups excluding tert-OH is 2. The number of hydrogen-bond donors (Lipinski definition) is 3. The highest BCUT2D eigenvalue weighted by atomic mass is 16.3. The van der Waals surface area contributed by atoms with E-state index in [0.717, 1.165) is 37.7 Å². The van der Waals surface area contributed by atoms with Crippen LogP contribution in [0.25, 0.3) is 0 Å². The van der Waals surface area contributed by atoms with Gasteiger partial charge < -0.3 is 20.4 Å². The summed E-state index contributed by atoms with van der Waals surface area (Å²) in [6.07, 6.45) is 5.23. The number of aliphatic hydroxyl groups is 2. The zero-order chi connectivity index (χ0) is 17.4. The third-order valence-corrected chi connectivity index (χ3v) is 5.09. The van der Waals surface area contributed by atoms with E-state index in [0.29, 0.717) is 12.3 Å². The van der Waals surface area contributed by atoms with Gasteiger partial charge in [-0.1, -0.05) is 30.3 Å². The van der Waals surface area contributed by atoms with Crippen molar-refractivity contribution in [3.8, 4) is 0 Å². The van der Waals surface area contributed by atoms with Crippen molar-refractivity contribution in [3.63, 3.8) is 0 Å². The topological polar surface area (TPSA) is 72.8 Å². The van der Waals surface area contributed by atoms with Crippen LogP contribution in [-0.2, 0) is 0 Å². The first-order valence-corrected chi connectivity index (χ1v) is 8.95. The van der Waals surface area contributed by atoms with E-state index >= 15 is 0 Å². The maximum absolute atomic E-state index is 12.6. The van der Waals surface area contributed by atoms with Gasteiger partial charge in [0.2, 0.25) is 0 Å². The number of nitrogens with one attached hydrogen (secondary N) is 1. The molecule has 3 N–H and O–H groups in total. The maximum atomic E-state index is 12.6. The van der Waals surface area contributed by atoms with Gasteiger partial charge in [-0.05, 0) is 50.0 Å². The molecule has 2 rings (SSSR count). The molecule has 1 atom stereocenters. The normalized spacial score (nSPS) is 22.0. The van der Waals surface area contributed by atoms with Crippen LogP contribution in [0, 0.1) is 5.92 Å². The van der Waals surface area contributed by atoms with Crippen molar-refractivity contribution in [3.05, 3.63) is 35.9 Å². The van der Waals surface area contributed by atoms with Crippen LogP contribution >= 0.6 is 0 Å². The summed E-state index contributed by atoms with van der Waals surface area (Å²) < 4.78 is 0. The van der Waals surface area contributed by atoms with E-state index in [1.54, 1.807) is 0 Å². The number of benzene rings is 1. The van der Waals surface area contributed by atoms with E-state index < -0.39 is 0 Å². The molecule has 0 aromatic heterocycles. The summed E-state index contributed by atoms with van der Waals surface area (Å²) in [6.45, 7) is 0.375. The predicted molar refractivity (Wildman–Crippen MR) is 94.6 cm³/mol. The number of carbonyl (C=O) groups is 1. The van der Waals surface area contributed by atoms with Crippen LogP contribution in [0.15, 0.2) is 30.3 Å². The largest absolute Gasteiger partial charge is 0.396 e. The van der Waals surface area contributed by atoms with E-state index in [9.17, 15) is 9.90 Å². The highest BCUT2D eigenvalue weighted by Gasteiger charge is 2.27. The van der Waals surface area contributed by atoms with Crippen LogP contribution in [0.3, 0.4) is 0 Å². The van der Waals surface area contributed by atoms with E-state index in [1.807, 2.05) is 42.3 Å². The first-order valence-electron chi connectivity index (χ1n) is 8.95. The predicted octanol–water partition coefficient (Wildman–Crippen LogP) is 2.69. The van der Waals surface area contributed by atoms with E-state index in [4.69, 9.17) is 5.11 Å². The first kappa shape index (κ1) is 18.7. The summed E-state index contributed by atoms with van der Waals surface area (Å²) in [7, 11) is 1.85. The van der Waals surface area contributed by atoms with Gasteiger partial charge in [0.05, 0.1) is 6.04 Å². The molecule has 5 nitrogen and oxygen atoms in total. The molecule has 0 spiro atoms. The quantitative estimate of drug-likeness (QED) is 0.718. The molecule has 0 heterocycles. The third-order valence-electron chi connectivity index (χ3n) is 5.09. The Morgan fingerprint density at radius 1 is 1.21 bits per heavy atom. The fourth-order valence-electron chi connectivity index (χ4n) is 3.43.